The molecule has 1 saturated carbocycles. The maximum atomic E-state index is 12.6. The fraction of sp³-hybridized carbons (Fsp3) is 0.545. The summed E-state index contributed by atoms with van der Waals surface area (Å²) in [6.07, 6.45) is 14.0. The maximum Gasteiger partial charge on any atom is 0.289 e. The normalized spacial score (nSPS) is 17.1. The molecule has 0 aliphatic heterocycles. The number of nitrogens with zero attached hydrogens (tertiary/aromatic N) is 2. The molecular weight excluding hydrogens is 404 g/mol. The van der Waals surface area contributed by atoms with Crippen LogP contribution in [-0.4, -0.2) is 16.9 Å². The summed E-state index contributed by atoms with van der Waals surface area (Å²) in [5.41, 5.74) is 0.0580. The van der Waals surface area contributed by atoms with Gasteiger partial charge in [-0.15, -0.1) is 0 Å². The highest BCUT2D eigenvalue weighted by Crippen LogP contribution is 2.27. The number of halogens is 1. The zero-order valence-corrected chi connectivity index (χ0v) is 17.9. The average molecular weight is 433 g/mol. The number of hydrogen-bond donors (Lipinski definition) is 2. The number of amides is 1. The molecule has 1 aliphatic carbocycles. The Hall–Kier alpha value is -2.59. The van der Waals surface area contributed by atoms with Crippen molar-refractivity contribution < 1.29 is 9.72 Å². The van der Waals surface area contributed by atoms with Crippen LogP contribution < -0.4 is 10.6 Å². The van der Waals surface area contributed by atoms with Crippen LogP contribution in [0.15, 0.2) is 30.0 Å². The van der Waals surface area contributed by atoms with E-state index in [4.69, 9.17) is 11.6 Å². The molecular formula is C22H29ClN4O3. The van der Waals surface area contributed by atoms with Crippen molar-refractivity contribution in [2.24, 2.45) is 0 Å². The van der Waals surface area contributed by atoms with Gasteiger partial charge in [-0.25, -0.2) is 0 Å². The minimum Gasteiger partial charge on any atom is -0.360 e. The summed E-state index contributed by atoms with van der Waals surface area (Å²) in [4.78, 5) is 23.0. The van der Waals surface area contributed by atoms with Crippen LogP contribution in [0.1, 0.15) is 70.6 Å². The average Bonchev–Trinajstić information content (AvgIpc) is 2.71. The van der Waals surface area contributed by atoms with Gasteiger partial charge in [0.2, 0.25) is 0 Å². The number of nitriles is 1. The third kappa shape index (κ3) is 8.03. The Morgan fingerprint density at radius 3 is 2.20 bits per heavy atom. The summed E-state index contributed by atoms with van der Waals surface area (Å²) in [5, 5.41) is 26.2. The minimum absolute atomic E-state index is 0.0234. The molecule has 0 radical (unpaired) electrons. The molecule has 1 aromatic rings. The quantitative estimate of drug-likeness (QED) is 0.262. The van der Waals surface area contributed by atoms with Crippen LogP contribution in [0.4, 0.5) is 11.4 Å². The largest absolute Gasteiger partial charge is 0.360 e. The monoisotopic (exact) mass is 432 g/mol. The van der Waals surface area contributed by atoms with Crippen molar-refractivity contribution >= 4 is 28.9 Å². The lowest BCUT2D eigenvalue weighted by molar-refractivity contribution is -0.384. The Morgan fingerprint density at radius 2 is 1.67 bits per heavy atom. The van der Waals surface area contributed by atoms with Crippen LogP contribution in [0.2, 0.25) is 5.02 Å². The third-order valence-corrected chi connectivity index (χ3v) is 5.65. The number of carbonyl (C=O) groups excluding carboxylic acids is 1. The predicted octanol–water partition coefficient (Wildman–Crippen LogP) is 5.86. The van der Waals surface area contributed by atoms with E-state index >= 15 is 0 Å². The smallest absolute Gasteiger partial charge is 0.289 e. The van der Waals surface area contributed by atoms with E-state index < -0.39 is 10.8 Å². The Kier molecular flexibility index (Phi) is 10.2. The summed E-state index contributed by atoms with van der Waals surface area (Å²) in [5.74, 6) is -0.425. The van der Waals surface area contributed by atoms with Crippen molar-refractivity contribution in [3.05, 3.63) is 45.1 Å². The standard InChI is InChI=1S/C22H29ClN4O3/c23-20-13-12-19(14-21(20)27(29)30)25-16-17(15-24)22(28)26-18-10-8-6-4-2-1-3-5-7-9-11-18/h12-14,16,18,25H,1-11H2,(H,26,28)/b17-16-. The van der Waals surface area contributed by atoms with E-state index in [1.165, 1.54) is 63.3 Å². The van der Waals surface area contributed by atoms with Gasteiger partial charge in [-0.1, -0.05) is 69.4 Å². The highest BCUT2D eigenvalue weighted by molar-refractivity contribution is 6.32. The molecule has 2 rings (SSSR count). The van der Waals surface area contributed by atoms with Crippen LogP contribution in [0.25, 0.3) is 0 Å². The molecule has 0 bridgehead atoms. The zero-order chi connectivity index (χ0) is 21.8. The molecule has 1 aliphatic rings. The van der Waals surface area contributed by atoms with Gasteiger partial charge in [0, 0.05) is 24.0 Å². The summed E-state index contributed by atoms with van der Waals surface area (Å²) >= 11 is 5.80. The topological polar surface area (TPSA) is 108 Å². The first kappa shape index (κ1) is 23.7. The Bertz CT molecular complexity index is 792. The van der Waals surface area contributed by atoms with E-state index in [2.05, 4.69) is 10.6 Å². The lowest BCUT2D eigenvalue weighted by Crippen LogP contribution is -2.35. The van der Waals surface area contributed by atoms with Crippen molar-refractivity contribution in [3.63, 3.8) is 0 Å². The minimum atomic E-state index is -0.585. The fourth-order valence-electron chi connectivity index (χ4n) is 3.62. The number of nitro benzene ring substituents is 1. The summed E-state index contributed by atoms with van der Waals surface area (Å²) in [6, 6.07) is 6.17. The predicted molar refractivity (Wildman–Crippen MR) is 118 cm³/mol. The number of carbonyl (C=O) groups is 1. The van der Waals surface area contributed by atoms with Crippen LogP contribution in [0, 0.1) is 21.4 Å². The number of hydrogen-bond acceptors (Lipinski definition) is 5. The van der Waals surface area contributed by atoms with E-state index in [0.29, 0.717) is 5.69 Å². The highest BCUT2D eigenvalue weighted by atomic mass is 35.5. The number of rotatable bonds is 5. The van der Waals surface area contributed by atoms with Gasteiger partial charge in [0.15, 0.2) is 0 Å². The van der Waals surface area contributed by atoms with Crippen LogP contribution >= 0.6 is 11.6 Å². The maximum absolute atomic E-state index is 12.6. The third-order valence-electron chi connectivity index (χ3n) is 5.33. The molecule has 0 saturated heterocycles. The van der Waals surface area contributed by atoms with Gasteiger partial charge < -0.3 is 10.6 Å². The lowest BCUT2D eigenvalue weighted by Gasteiger charge is -2.19. The van der Waals surface area contributed by atoms with E-state index in [1.54, 1.807) is 6.07 Å². The molecule has 7 nitrogen and oxygen atoms in total. The molecule has 1 amide bonds. The summed E-state index contributed by atoms with van der Waals surface area (Å²) in [6.45, 7) is 0. The first-order valence-electron chi connectivity index (χ1n) is 10.6. The zero-order valence-electron chi connectivity index (χ0n) is 17.2. The molecule has 0 spiro atoms. The number of benzene rings is 1. The van der Waals surface area contributed by atoms with E-state index in [-0.39, 0.29) is 22.3 Å². The SMILES string of the molecule is N#C/C(=C/Nc1ccc(Cl)c([N+](=O)[O-])c1)C(=O)NC1CCCCCCCCCCC1. The van der Waals surface area contributed by atoms with E-state index in [1.807, 2.05) is 6.07 Å². The fourth-order valence-corrected chi connectivity index (χ4v) is 3.80. The van der Waals surface area contributed by atoms with Crippen LogP contribution in [0.5, 0.6) is 0 Å². The molecule has 1 aromatic carbocycles. The molecule has 0 heterocycles. The second-order valence-corrected chi connectivity index (χ2v) is 8.07. The van der Waals surface area contributed by atoms with E-state index in [0.717, 1.165) is 25.7 Å². The Labute approximate surface area is 182 Å². The summed E-state index contributed by atoms with van der Waals surface area (Å²) in [7, 11) is 0. The molecule has 0 aromatic heterocycles. The molecule has 1 fully saturated rings. The molecule has 0 atom stereocenters. The van der Waals surface area contributed by atoms with Crippen LogP contribution in [0.3, 0.4) is 0 Å². The van der Waals surface area contributed by atoms with Gasteiger partial charge in [-0.2, -0.15) is 5.26 Å². The molecule has 0 unspecified atom stereocenters. The first-order chi connectivity index (χ1) is 14.5. The Balaban J connectivity index is 1.98. The van der Waals surface area contributed by atoms with Crippen molar-refractivity contribution in [2.75, 3.05) is 5.32 Å². The summed E-state index contributed by atoms with van der Waals surface area (Å²) < 4.78 is 0. The number of anilines is 1. The van der Waals surface area contributed by atoms with Crippen LogP contribution in [-0.2, 0) is 4.79 Å². The first-order valence-corrected chi connectivity index (χ1v) is 11.0. The number of nitrogens with one attached hydrogen (secondary N) is 2. The second-order valence-electron chi connectivity index (χ2n) is 7.67. The van der Waals surface area contributed by atoms with Crippen molar-refractivity contribution in [1.29, 1.82) is 5.26 Å². The molecule has 8 heteroatoms. The van der Waals surface area contributed by atoms with E-state index in [9.17, 15) is 20.2 Å². The Morgan fingerprint density at radius 1 is 1.10 bits per heavy atom. The van der Waals surface area contributed by atoms with Gasteiger partial charge in [-0.05, 0) is 25.0 Å². The number of nitro groups is 1. The molecule has 2 N–H and O–H groups in total. The van der Waals surface area contributed by atoms with Gasteiger partial charge in [0.1, 0.15) is 16.7 Å². The lowest BCUT2D eigenvalue weighted by atomic mass is 9.98. The molecule has 30 heavy (non-hydrogen) atoms. The van der Waals surface area contributed by atoms with Crippen molar-refractivity contribution in [1.82, 2.24) is 5.32 Å². The van der Waals surface area contributed by atoms with Crippen molar-refractivity contribution in [3.8, 4) is 6.07 Å². The highest BCUT2D eigenvalue weighted by Gasteiger charge is 2.17. The van der Waals surface area contributed by atoms with Gasteiger partial charge in [0.25, 0.3) is 11.6 Å². The van der Waals surface area contributed by atoms with Crippen molar-refractivity contribution in [2.45, 2.75) is 76.7 Å². The molecule has 162 valence electrons. The van der Waals surface area contributed by atoms with Gasteiger partial charge in [-0.3, -0.25) is 14.9 Å². The second kappa shape index (κ2) is 12.9. The van der Waals surface area contributed by atoms with Gasteiger partial charge >= 0.3 is 0 Å². The van der Waals surface area contributed by atoms with Gasteiger partial charge in [0.05, 0.1) is 4.92 Å².